The quantitative estimate of drug-likeness (QED) is 0.697. The third kappa shape index (κ3) is 3.42. The van der Waals surface area contributed by atoms with Gasteiger partial charge in [-0.2, -0.15) is 0 Å². The van der Waals surface area contributed by atoms with E-state index in [1.165, 1.54) is 12.8 Å². The van der Waals surface area contributed by atoms with Gasteiger partial charge in [-0.25, -0.2) is 0 Å². The van der Waals surface area contributed by atoms with Crippen LogP contribution in [-0.4, -0.2) is 36.8 Å². The van der Waals surface area contributed by atoms with Crippen LogP contribution in [-0.2, 0) is 0 Å². The van der Waals surface area contributed by atoms with Gasteiger partial charge in [-0.05, 0) is 37.1 Å². The van der Waals surface area contributed by atoms with E-state index < -0.39 is 0 Å². The van der Waals surface area contributed by atoms with Gasteiger partial charge in [0, 0.05) is 31.3 Å². The lowest BCUT2D eigenvalue weighted by Gasteiger charge is -2.22. The first-order chi connectivity index (χ1) is 11.3. The molecule has 1 heterocycles. The van der Waals surface area contributed by atoms with Crippen LogP contribution in [0.2, 0.25) is 0 Å². The van der Waals surface area contributed by atoms with Crippen LogP contribution in [0.15, 0.2) is 59.6 Å². The summed E-state index contributed by atoms with van der Waals surface area (Å²) in [6.07, 6.45) is 2.38. The van der Waals surface area contributed by atoms with E-state index in [-0.39, 0.29) is 5.91 Å². The van der Waals surface area contributed by atoms with Crippen LogP contribution < -0.4 is 5.32 Å². The van der Waals surface area contributed by atoms with Crippen molar-refractivity contribution in [3.63, 3.8) is 0 Å². The number of carbonyl (C=O) groups is 1. The highest BCUT2D eigenvalue weighted by Crippen LogP contribution is 2.21. The lowest BCUT2D eigenvalue weighted by atomic mass is 10.1. The minimum absolute atomic E-state index is 0.102. The molecule has 0 radical (unpaired) electrons. The van der Waals surface area contributed by atoms with Gasteiger partial charge in [-0.1, -0.05) is 30.3 Å². The first kappa shape index (κ1) is 15.3. The van der Waals surface area contributed by atoms with E-state index in [0.29, 0.717) is 5.56 Å². The maximum absolute atomic E-state index is 12.4. The van der Waals surface area contributed by atoms with E-state index >= 15 is 0 Å². The summed E-state index contributed by atoms with van der Waals surface area (Å²) >= 11 is 0. The number of anilines is 1. The van der Waals surface area contributed by atoms with Gasteiger partial charge < -0.3 is 10.2 Å². The summed E-state index contributed by atoms with van der Waals surface area (Å²) in [6.45, 7) is 2.04. The van der Waals surface area contributed by atoms with Crippen molar-refractivity contribution in [2.24, 2.45) is 4.99 Å². The molecule has 1 aliphatic rings. The number of amidine groups is 1. The molecule has 4 nitrogen and oxygen atoms in total. The van der Waals surface area contributed by atoms with E-state index in [0.717, 1.165) is 30.2 Å². The van der Waals surface area contributed by atoms with Crippen molar-refractivity contribution in [3.8, 4) is 0 Å². The molecule has 0 saturated carbocycles. The second kappa shape index (κ2) is 7.09. The highest BCUT2D eigenvalue weighted by atomic mass is 16.1. The molecule has 1 N–H and O–H groups in total. The summed E-state index contributed by atoms with van der Waals surface area (Å²) in [4.78, 5) is 19.2. The van der Waals surface area contributed by atoms with Gasteiger partial charge in [0.2, 0.25) is 0 Å². The minimum atomic E-state index is -0.102. The van der Waals surface area contributed by atoms with Crippen LogP contribution in [0.1, 0.15) is 28.8 Å². The first-order valence-electron chi connectivity index (χ1n) is 7.97. The number of nitrogens with zero attached hydrogens (tertiary/aromatic N) is 2. The number of carbonyl (C=O) groups excluding carboxylic acids is 1. The molecular formula is C19H21N3O. The molecule has 23 heavy (non-hydrogen) atoms. The van der Waals surface area contributed by atoms with Gasteiger partial charge >= 0.3 is 0 Å². The summed E-state index contributed by atoms with van der Waals surface area (Å²) in [5.41, 5.74) is 2.42. The van der Waals surface area contributed by atoms with Crippen molar-refractivity contribution < 1.29 is 4.79 Å². The molecule has 1 saturated heterocycles. The number of rotatable bonds is 3. The average Bonchev–Trinajstić information content (AvgIpc) is 3.12. The van der Waals surface area contributed by atoms with Gasteiger partial charge in [-0.15, -0.1) is 0 Å². The Morgan fingerprint density at radius 1 is 1.00 bits per heavy atom. The Morgan fingerprint density at radius 3 is 2.35 bits per heavy atom. The highest BCUT2D eigenvalue weighted by Gasteiger charge is 2.20. The number of para-hydroxylation sites is 1. The molecule has 1 aliphatic heterocycles. The highest BCUT2D eigenvalue weighted by molar-refractivity contribution is 6.10. The molecule has 0 spiro atoms. The Bertz CT molecular complexity index is 704. The number of nitrogens with one attached hydrogen (secondary N) is 1. The number of aliphatic imine (C=N–C) groups is 1. The molecule has 4 heteroatoms. The Hall–Kier alpha value is -2.62. The summed E-state index contributed by atoms with van der Waals surface area (Å²) in [5.74, 6) is 0.849. The Balaban J connectivity index is 1.87. The van der Waals surface area contributed by atoms with Gasteiger partial charge in [0.1, 0.15) is 5.84 Å². The minimum Gasteiger partial charge on any atom is -0.356 e. The fraction of sp³-hybridized carbons (Fsp3) is 0.263. The molecule has 0 aliphatic carbocycles. The smallest absolute Gasteiger partial charge is 0.255 e. The third-order valence-corrected chi connectivity index (χ3v) is 4.07. The zero-order valence-corrected chi connectivity index (χ0v) is 13.3. The van der Waals surface area contributed by atoms with Gasteiger partial charge in [0.15, 0.2) is 0 Å². The number of hydrogen-bond acceptors (Lipinski definition) is 2. The number of benzene rings is 2. The summed E-state index contributed by atoms with van der Waals surface area (Å²) < 4.78 is 0. The summed E-state index contributed by atoms with van der Waals surface area (Å²) in [6, 6.07) is 17.1. The normalized spacial score (nSPS) is 14.8. The van der Waals surface area contributed by atoms with Crippen molar-refractivity contribution in [1.29, 1.82) is 0 Å². The molecule has 3 rings (SSSR count). The molecule has 0 bridgehead atoms. The fourth-order valence-corrected chi connectivity index (χ4v) is 2.93. The lowest BCUT2D eigenvalue weighted by molar-refractivity contribution is 0.102. The van der Waals surface area contributed by atoms with Crippen molar-refractivity contribution in [2.45, 2.75) is 12.8 Å². The summed E-state index contributed by atoms with van der Waals surface area (Å²) in [5, 5.41) is 3.02. The van der Waals surface area contributed by atoms with Crippen molar-refractivity contribution in [3.05, 3.63) is 65.7 Å². The predicted octanol–water partition coefficient (Wildman–Crippen LogP) is 3.41. The number of hydrogen-bond donors (Lipinski definition) is 1. The zero-order valence-electron chi connectivity index (χ0n) is 13.3. The van der Waals surface area contributed by atoms with E-state index in [4.69, 9.17) is 0 Å². The van der Waals surface area contributed by atoms with Gasteiger partial charge in [-0.3, -0.25) is 9.79 Å². The average molecular weight is 307 g/mol. The van der Waals surface area contributed by atoms with E-state index in [2.05, 4.69) is 15.2 Å². The van der Waals surface area contributed by atoms with Crippen LogP contribution in [0, 0.1) is 0 Å². The maximum Gasteiger partial charge on any atom is 0.255 e. The SMILES string of the molecule is CN=C(c1ccccc1NC(=O)c1ccccc1)N1CCCC1. The first-order valence-corrected chi connectivity index (χ1v) is 7.97. The van der Waals surface area contributed by atoms with Gasteiger partial charge in [0.05, 0.1) is 5.69 Å². The predicted molar refractivity (Wildman–Crippen MR) is 94.1 cm³/mol. The molecule has 1 amide bonds. The monoisotopic (exact) mass is 307 g/mol. The van der Waals surface area contributed by atoms with Crippen molar-refractivity contribution in [1.82, 2.24) is 4.90 Å². The van der Waals surface area contributed by atoms with Crippen molar-refractivity contribution >= 4 is 17.4 Å². The Morgan fingerprint density at radius 2 is 1.65 bits per heavy atom. The molecule has 118 valence electrons. The van der Waals surface area contributed by atoms with E-state index in [1.54, 1.807) is 0 Å². The van der Waals surface area contributed by atoms with Crippen molar-refractivity contribution in [2.75, 3.05) is 25.5 Å². The Labute approximate surface area is 136 Å². The maximum atomic E-state index is 12.4. The molecule has 1 fully saturated rings. The van der Waals surface area contributed by atoms with E-state index in [9.17, 15) is 4.79 Å². The van der Waals surface area contributed by atoms with Gasteiger partial charge in [0.25, 0.3) is 5.91 Å². The van der Waals surface area contributed by atoms with Crippen LogP contribution in [0.25, 0.3) is 0 Å². The molecule has 0 unspecified atom stereocenters. The topological polar surface area (TPSA) is 44.7 Å². The largest absolute Gasteiger partial charge is 0.356 e. The molecule has 2 aromatic carbocycles. The van der Waals surface area contributed by atoms with Crippen LogP contribution in [0.5, 0.6) is 0 Å². The molecule has 0 atom stereocenters. The Kier molecular flexibility index (Phi) is 4.71. The number of amides is 1. The summed E-state index contributed by atoms with van der Waals surface area (Å²) in [7, 11) is 1.81. The molecule has 2 aromatic rings. The molecular weight excluding hydrogens is 286 g/mol. The second-order valence-corrected chi connectivity index (χ2v) is 5.61. The fourth-order valence-electron chi connectivity index (χ4n) is 2.93. The van der Waals surface area contributed by atoms with Crippen LogP contribution >= 0.6 is 0 Å². The molecule has 0 aromatic heterocycles. The number of likely N-dealkylation sites (tertiary alicyclic amines) is 1. The lowest BCUT2D eigenvalue weighted by Crippen LogP contribution is -2.29. The van der Waals surface area contributed by atoms with E-state index in [1.807, 2.05) is 61.6 Å². The standard InChI is InChI=1S/C19H21N3O/c1-20-18(22-13-7-8-14-22)16-11-5-6-12-17(16)21-19(23)15-9-3-2-4-10-15/h2-6,9-12H,7-8,13-14H2,1H3,(H,21,23). The van der Waals surface area contributed by atoms with Crippen LogP contribution in [0.3, 0.4) is 0 Å². The van der Waals surface area contributed by atoms with Crippen LogP contribution in [0.4, 0.5) is 5.69 Å². The second-order valence-electron chi connectivity index (χ2n) is 5.61. The third-order valence-electron chi connectivity index (χ3n) is 4.07. The zero-order chi connectivity index (χ0) is 16.1.